The molecule has 3 rings (SSSR count). The van der Waals surface area contributed by atoms with Crippen molar-refractivity contribution in [1.82, 2.24) is 0 Å². The topological polar surface area (TPSA) is 84.6 Å². The van der Waals surface area contributed by atoms with Crippen LogP contribution in [0.3, 0.4) is 0 Å². The summed E-state index contributed by atoms with van der Waals surface area (Å²) in [6, 6.07) is 9.65. The van der Waals surface area contributed by atoms with Gasteiger partial charge < -0.3 is 20.9 Å². The third-order valence-electron chi connectivity index (χ3n) is 3.34. The second-order valence-electron chi connectivity index (χ2n) is 4.70. The summed E-state index contributed by atoms with van der Waals surface area (Å²) in [6.07, 6.45) is 0. The number of para-hydroxylation sites is 1. The van der Waals surface area contributed by atoms with E-state index in [-0.39, 0.29) is 12.5 Å². The summed E-state index contributed by atoms with van der Waals surface area (Å²) in [5.41, 5.74) is 7.65. The molecule has 21 heavy (non-hydrogen) atoms. The zero-order valence-electron chi connectivity index (χ0n) is 11.0. The molecule has 0 saturated carbocycles. The summed E-state index contributed by atoms with van der Waals surface area (Å²) < 4.78 is 5.74. The standard InChI is InChI=1S/C15H13ClN2O3/c16-10-5-9-11(18-15(20)14(9)17)6-13(10)21-12-4-2-1-3-8(12)7-19/h1-6,14,19H,7,17H2,(H,18,20). The number of benzene rings is 2. The van der Waals surface area contributed by atoms with Gasteiger partial charge in [-0.05, 0) is 12.1 Å². The Kier molecular flexibility index (Phi) is 3.55. The minimum Gasteiger partial charge on any atom is -0.455 e. The number of ether oxygens (including phenoxy) is 1. The Labute approximate surface area is 126 Å². The molecule has 4 N–H and O–H groups in total. The Morgan fingerprint density at radius 3 is 2.81 bits per heavy atom. The van der Waals surface area contributed by atoms with E-state index in [0.717, 1.165) is 0 Å². The van der Waals surface area contributed by atoms with Crippen LogP contribution < -0.4 is 15.8 Å². The maximum absolute atomic E-state index is 11.6. The van der Waals surface area contributed by atoms with E-state index in [4.69, 9.17) is 22.1 Å². The van der Waals surface area contributed by atoms with Crippen LogP contribution in [0, 0.1) is 0 Å². The molecule has 1 aliphatic heterocycles. The van der Waals surface area contributed by atoms with E-state index >= 15 is 0 Å². The number of anilines is 1. The normalized spacial score (nSPS) is 16.5. The lowest BCUT2D eigenvalue weighted by molar-refractivity contribution is -0.116. The lowest BCUT2D eigenvalue weighted by atomic mass is 10.1. The third kappa shape index (κ3) is 2.47. The predicted octanol–water partition coefficient (Wildman–Crippen LogP) is 2.58. The first-order valence-electron chi connectivity index (χ1n) is 6.36. The van der Waals surface area contributed by atoms with Gasteiger partial charge in [-0.15, -0.1) is 0 Å². The van der Waals surface area contributed by atoms with Crippen LogP contribution in [-0.4, -0.2) is 11.0 Å². The van der Waals surface area contributed by atoms with Crippen molar-refractivity contribution in [3.05, 3.63) is 52.5 Å². The summed E-state index contributed by atoms with van der Waals surface area (Å²) in [5.74, 6) is 0.634. The predicted molar refractivity (Wildman–Crippen MR) is 79.4 cm³/mol. The van der Waals surface area contributed by atoms with E-state index in [2.05, 4.69) is 5.32 Å². The van der Waals surface area contributed by atoms with Gasteiger partial charge in [-0.2, -0.15) is 0 Å². The number of hydrogen-bond donors (Lipinski definition) is 3. The first-order chi connectivity index (χ1) is 10.1. The SMILES string of the molecule is NC1C(=O)Nc2cc(Oc3ccccc3CO)c(Cl)cc21. The van der Waals surface area contributed by atoms with Gasteiger partial charge in [-0.1, -0.05) is 29.8 Å². The Morgan fingerprint density at radius 2 is 2.05 bits per heavy atom. The second kappa shape index (κ2) is 5.37. The van der Waals surface area contributed by atoms with Gasteiger partial charge in [0.1, 0.15) is 17.5 Å². The minimum atomic E-state index is -0.712. The summed E-state index contributed by atoms with van der Waals surface area (Å²) in [4.78, 5) is 11.6. The number of hydrogen-bond acceptors (Lipinski definition) is 4. The molecule has 1 atom stereocenters. The molecule has 1 unspecified atom stereocenters. The average Bonchev–Trinajstić information content (AvgIpc) is 2.75. The van der Waals surface area contributed by atoms with E-state index in [0.29, 0.717) is 33.3 Å². The molecule has 0 saturated heterocycles. The first kappa shape index (κ1) is 13.9. The number of carbonyl (C=O) groups is 1. The Bertz CT molecular complexity index is 718. The van der Waals surface area contributed by atoms with Gasteiger partial charge in [0.25, 0.3) is 0 Å². The number of nitrogens with two attached hydrogens (primary N) is 1. The quantitative estimate of drug-likeness (QED) is 0.813. The molecule has 2 aromatic rings. The Hall–Kier alpha value is -2.08. The van der Waals surface area contributed by atoms with E-state index in [9.17, 15) is 9.90 Å². The van der Waals surface area contributed by atoms with Gasteiger partial charge in [0.15, 0.2) is 0 Å². The van der Waals surface area contributed by atoms with Gasteiger partial charge in [-0.3, -0.25) is 4.79 Å². The fourth-order valence-electron chi connectivity index (χ4n) is 2.22. The fourth-order valence-corrected chi connectivity index (χ4v) is 2.43. The molecule has 0 spiro atoms. The highest BCUT2D eigenvalue weighted by molar-refractivity contribution is 6.32. The van der Waals surface area contributed by atoms with Crippen molar-refractivity contribution in [3.63, 3.8) is 0 Å². The molecule has 108 valence electrons. The summed E-state index contributed by atoms with van der Waals surface area (Å²) in [5, 5.41) is 12.3. The van der Waals surface area contributed by atoms with Crippen molar-refractivity contribution in [2.45, 2.75) is 12.6 Å². The van der Waals surface area contributed by atoms with Crippen LogP contribution in [0.2, 0.25) is 5.02 Å². The summed E-state index contributed by atoms with van der Waals surface area (Å²) in [7, 11) is 0. The zero-order valence-corrected chi connectivity index (χ0v) is 11.7. The maximum atomic E-state index is 11.6. The number of nitrogens with one attached hydrogen (secondary N) is 1. The van der Waals surface area contributed by atoms with E-state index in [1.54, 1.807) is 30.3 Å². The molecular formula is C15H13ClN2O3. The lowest BCUT2D eigenvalue weighted by Gasteiger charge is -2.12. The van der Waals surface area contributed by atoms with Gasteiger partial charge in [0.2, 0.25) is 5.91 Å². The highest BCUT2D eigenvalue weighted by Gasteiger charge is 2.28. The number of aliphatic hydroxyl groups excluding tert-OH is 1. The van der Waals surface area contributed by atoms with Crippen LogP contribution in [0.15, 0.2) is 36.4 Å². The lowest BCUT2D eigenvalue weighted by Crippen LogP contribution is -2.19. The molecular weight excluding hydrogens is 292 g/mol. The molecule has 1 heterocycles. The van der Waals surface area contributed by atoms with Crippen molar-refractivity contribution in [2.24, 2.45) is 5.73 Å². The Morgan fingerprint density at radius 1 is 1.29 bits per heavy atom. The van der Waals surface area contributed by atoms with Crippen molar-refractivity contribution >= 4 is 23.2 Å². The molecule has 5 nitrogen and oxygen atoms in total. The largest absolute Gasteiger partial charge is 0.455 e. The summed E-state index contributed by atoms with van der Waals surface area (Å²) >= 11 is 6.18. The van der Waals surface area contributed by atoms with E-state index in [1.165, 1.54) is 0 Å². The molecule has 6 heteroatoms. The summed E-state index contributed by atoms with van der Waals surface area (Å²) in [6.45, 7) is -0.139. The smallest absolute Gasteiger partial charge is 0.245 e. The molecule has 0 fully saturated rings. The fraction of sp³-hybridized carbons (Fsp3) is 0.133. The highest BCUT2D eigenvalue weighted by Crippen LogP contribution is 2.39. The number of fused-ring (bicyclic) bond motifs is 1. The molecule has 1 aliphatic rings. The van der Waals surface area contributed by atoms with Gasteiger partial charge in [0.05, 0.1) is 11.6 Å². The van der Waals surface area contributed by atoms with Crippen LogP contribution in [0.5, 0.6) is 11.5 Å². The average molecular weight is 305 g/mol. The molecule has 2 aromatic carbocycles. The molecule has 0 bridgehead atoms. The maximum Gasteiger partial charge on any atom is 0.245 e. The second-order valence-corrected chi connectivity index (χ2v) is 5.11. The minimum absolute atomic E-state index is 0.139. The monoisotopic (exact) mass is 304 g/mol. The molecule has 0 aromatic heterocycles. The van der Waals surface area contributed by atoms with Gasteiger partial charge in [0, 0.05) is 22.9 Å². The number of carbonyl (C=O) groups excluding carboxylic acids is 1. The van der Waals surface area contributed by atoms with Crippen molar-refractivity contribution in [2.75, 3.05) is 5.32 Å². The van der Waals surface area contributed by atoms with Gasteiger partial charge >= 0.3 is 0 Å². The van der Waals surface area contributed by atoms with E-state index in [1.807, 2.05) is 6.07 Å². The van der Waals surface area contributed by atoms with Crippen LogP contribution in [0.4, 0.5) is 5.69 Å². The van der Waals surface area contributed by atoms with Crippen molar-refractivity contribution in [3.8, 4) is 11.5 Å². The highest BCUT2D eigenvalue weighted by atomic mass is 35.5. The van der Waals surface area contributed by atoms with Crippen molar-refractivity contribution in [1.29, 1.82) is 0 Å². The van der Waals surface area contributed by atoms with E-state index < -0.39 is 6.04 Å². The van der Waals surface area contributed by atoms with Crippen LogP contribution in [0.1, 0.15) is 17.2 Å². The zero-order chi connectivity index (χ0) is 15.0. The van der Waals surface area contributed by atoms with Crippen LogP contribution >= 0.6 is 11.6 Å². The Balaban J connectivity index is 1.98. The number of halogens is 1. The number of rotatable bonds is 3. The number of amides is 1. The van der Waals surface area contributed by atoms with Crippen LogP contribution in [-0.2, 0) is 11.4 Å². The van der Waals surface area contributed by atoms with Gasteiger partial charge in [-0.25, -0.2) is 0 Å². The molecule has 1 amide bonds. The molecule has 0 radical (unpaired) electrons. The third-order valence-corrected chi connectivity index (χ3v) is 3.64. The number of aliphatic hydroxyl groups is 1. The molecule has 0 aliphatic carbocycles. The van der Waals surface area contributed by atoms with Crippen molar-refractivity contribution < 1.29 is 14.6 Å². The van der Waals surface area contributed by atoms with Crippen LogP contribution in [0.25, 0.3) is 0 Å². The first-order valence-corrected chi connectivity index (χ1v) is 6.74.